The molecule has 2 aromatic rings. The maximum atomic E-state index is 12.4. The molecule has 22 heavy (non-hydrogen) atoms. The van der Waals surface area contributed by atoms with Crippen LogP contribution in [0, 0.1) is 0 Å². The lowest BCUT2D eigenvalue weighted by molar-refractivity contribution is 0.0902. The Balaban J connectivity index is 0.00000220. The van der Waals surface area contributed by atoms with Crippen LogP contribution in [-0.4, -0.2) is 38.2 Å². The first-order chi connectivity index (χ1) is 9.43. The minimum absolute atomic E-state index is 0. The fourth-order valence-electron chi connectivity index (χ4n) is 1.83. The molecule has 0 aliphatic rings. The molecule has 0 aliphatic carbocycles. The van der Waals surface area contributed by atoms with E-state index >= 15 is 0 Å². The van der Waals surface area contributed by atoms with E-state index in [-0.39, 0.29) is 36.9 Å². The number of amides is 1. The van der Waals surface area contributed by atoms with E-state index in [1.54, 1.807) is 7.11 Å². The number of carbonyl (C=O) groups excluding carboxylic acids is 1. The molecular formula is C14H21Cl2N3O2S. The monoisotopic (exact) mass is 365 g/mol. The molecule has 124 valence electrons. The summed E-state index contributed by atoms with van der Waals surface area (Å²) in [6, 6.07) is 5.56. The molecule has 0 aliphatic heterocycles. The van der Waals surface area contributed by atoms with Gasteiger partial charge in [0.2, 0.25) is 0 Å². The van der Waals surface area contributed by atoms with Gasteiger partial charge in [0.15, 0.2) is 0 Å². The van der Waals surface area contributed by atoms with E-state index in [1.165, 1.54) is 11.3 Å². The van der Waals surface area contributed by atoms with Crippen molar-refractivity contribution in [3.8, 4) is 5.75 Å². The van der Waals surface area contributed by atoms with Gasteiger partial charge in [0, 0.05) is 15.8 Å². The number of halogens is 2. The second-order valence-electron chi connectivity index (χ2n) is 4.83. The van der Waals surface area contributed by atoms with Crippen molar-refractivity contribution in [2.75, 3.05) is 26.9 Å². The Morgan fingerprint density at radius 1 is 1.36 bits per heavy atom. The zero-order valence-corrected chi connectivity index (χ0v) is 15.3. The summed E-state index contributed by atoms with van der Waals surface area (Å²) in [5.74, 6) is 0.448. The third-order valence-electron chi connectivity index (χ3n) is 3.19. The van der Waals surface area contributed by atoms with Crippen LogP contribution in [0.2, 0.25) is 0 Å². The van der Waals surface area contributed by atoms with Crippen LogP contribution in [0.4, 0.5) is 5.69 Å². The van der Waals surface area contributed by atoms with Crippen LogP contribution in [-0.2, 0) is 0 Å². The highest BCUT2D eigenvalue weighted by Crippen LogP contribution is 2.38. The fraction of sp³-hybridized carbons (Fsp3) is 0.357. The van der Waals surface area contributed by atoms with Crippen molar-refractivity contribution in [3.05, 3.63) is 23.1 Å². The van der Waals surface area contributed by atoms with Gasteiger partial charge in [-0.2, -0.15) is 0 Å². The van der Waals surface area contributed by atoms with Crippen LogP contribution in [0.5, 0.6) is 5.75 Å². The van der Waals surface area contributed by atoms with E-state index in [1.807, 2.05) is 44.1 Å². The number of carbonyl (C=O) groups is 1. The maximum absolute atomic E-state index is 12.4. The summed E-state index contributed by atoms with van der Waals surface area (Å²) >= 11 is 1.41. The Hall–Kier alpha value is -1.21. The predicted molar refractivity (Wildman–Crippen MR) is 97.9 cm³/mol. The van der Waals surface area contributed by atoms with Gasteiger partial charge in [-0.3, -0.25) is 9.69 Å². The molecule has 0 bridgehead atoms. The smallest absolute Gasteiger partial charge is 0.266 e. The number of nitrogens with zero attached hydrogens (tertiary/aromatic N) is 1. The lowest BCUT2D eigenvalue weighted by Gasteiger charge is -2.20. The number of rotatable bonds is 4. The Morgan fingerprint density at radius 2 is 2.00 bits per heavy atom. The third kappa shape index (κ3) is 4.16. The molecule has 8 heteroatoms. The molecule has 1 heterocycles. The van der Waals surface area contributed by atoms with E-state index in [2.05, 4.69) is 5.32 Å². The molecule has 1 aromatic carbocycles. The molecule has 3 N–H and O–H groups in total. The summed E-state index contributed by atoms with van der Waals surface area (Å²) in [6.45, 7) is 1.93. The van der Waals surface area contributed by atoms with E-state index in [0.717, 1.165) is 10.1 Å². The number of benzene rings is 1. The molecule has 1 atom stereocenters. The van der Waals surface area contributed by atoms with E-state index in [4.69, 9.17) is 10.5 Å². The number of hydrogen-bond donors (Lipinski definition) is 2. The third-order valence-corrected chi connectivity index (χ3v) is 4.34. The lowest BCUT2D eigenvalue weighted by atomic mass is 10.2. The number of nitrogens with two attached hydrogens (primary N) is 1. The number of nitrogens with one attached hydrogen (secondary N) is 1. The number of ether oxygens (including phenoxy) is 1. The van der Waals surface area contributed by atoms with Gasteiger partial charge in [-0.15, -0.1) is 36.2 Å². The normalized spacial score (nSPS) is 11.5. The highest BCUT2D eigenvalue weighted by Gasteiger charge is 2.21. The van der Waals surface area contributed by atoms with Crippen LogP contribution < -0.4 is 15.8 Å². The van der Waals surface area contributed by atoms with Crippen LogP contribution >= 0.6 is 36.2 Å². The Labute approximate surface area is 146 Å². The van der Waals surface area contributed by atoms with Gasteiger partial charge in [0.05, 0.1) is 13.3 Å². The summed E-state index contributed by atoms with van der Waals surface area (Å²) in [5, 5.41) is 3.81. The molecule has 1 aromatic heterocycles. The predicted octanol–water partition coefficient (Wildman–Crippen LogP) is 2.97. The van der Waals surface area contributed by atoms with Gasteiger partial charge in [0.25, 0.3) is 5.91 Å². The molecule has 0 spiro atoms. The van der Waals surface area contributed by atoms with Gasteiger partial charge in [-0.05, 0) is 39.2 Å². The van der Waals surface area contributed by atoms with Crippen molar-refractivity contribution < 1.29 is 9.53 Å². The van der Waals surface area contributed by atoms with Crippen molar-refractivity contribution in [2.45, 2.75) is 13.1 Å². The molecular weight excluding hydrogens is 345 g/mol. The highest BCUT2D eigenvalue weighted by atomic mass is 35.5. The van der Waals surface area contributed by atoms with Crippen molar-refractivity contribution in [3.63, 3.8) is 0 Å². The zero-order valence-electron chi connectivity index (χ0n) is 12.9. The van der Waals surface area contributed by atoms with Crippen LogP contribution in [0.3, 0.4) is 0 Å². The second-order valence-corrected chi connectivity index (χ2v) is 5.89. The van der Waals surface area contributed by atoms with E-state index in [0.29, 0.717) is 16.3 Å². The summed E-state index contributed by atoms with van der Waals surface area (Å²) < 4.78 is 6.38. The maximum Gasteiger partial charge on any atom is 0.266 e. The standard InChI is InChI=1S/C14H19N3O2S.2ClH/c1-8(17(2)3)16-14(18)13-12(19-4)10-7-9(15)5-6-11(10)20-13;;/h5-8H,15H2,1-4H3,(H,16,18);2*1H. The molecule has 5 nitrogen and oxygen atoms in total. The van der Waals surface area contributed by atoms with Gasteiger partial charge in [-0.25, -0.2) is 0 Å². The first kappa shape index (κ1) is 20.8. The number of hydrogen-bond acceptors (Lipinski definition) is 5. The molecule has 2 rings (SSSR count). The molecule has 1 unspecified atom stereocenters. The zero-order chi connectivity index (χ0) is 14.9. The van der Waals surface area contributed by atoms with E-state index in [9.17, 15) is 4.79 Å². The van der Waals surface area contributed by atoms with Gasteiger partial charge in [0.1, 0.15) is 10.6 Å². The second kappa shape index (κ2) is 8.43. The highest BCUT2D eigenvalue weighted by molar-refractivity contribution is 7.21. The van der Waals surface area contributed by atoms with Crippen molar-refractivity contribution >= 4 is 57.8 Å². The van der Waals surface area contributed by atoms with Crippen LogP contribution in [0.15, 0.2) is 18.2 Å². The SMILES string of the molecule is COc1c(C(=O)NC(C)N(C)C)sc2ccc(N)cc12.Cl.Cl. The van der Waals surface area contributed by atoms with E-state index < -0.39 is 0 Å². The quantitative estimate of drug-likeness (QED) is 0.645. The number of nitrogen functional groups attached to an aromatic ring is 1. The number of fused-ring (bicyclic) bond motifs is 1. The molecule has 0 fully saturated rings. The number of anilines is 1. The largest absolute Gasteiger partial charge is 0.494 e. The van der Waals surface area contributed by atoms with Crippen molar-refractivity contribution in [1.29, 1.82) is 0 Å². The average molecular weight is 366 g/mol. The van der Waals surface area contributed by atoms with Gasteiger partial charge >= 0.3 is 0 Å². The average Bonchev–Trinajstić information content (AvgIpc) is 2.76. The van der Waals surface area contributed by atoms with Gasteiger partial charge in [-0.1, -0.05) is 0 Å². The minimum atomic E-state index is -0.136. The van der Waals surface area contributed by atoms with Crippen molar-refractivity contribution in [2.24, 2.45) is 0 Å². The van der Waals surface area contributed by atoms with Crippen molar-refractivity contribution in [1.82, 2.24) is 10.2 Å². The van der Waals surface area contributed by atoms with Gasteiger partial charge < -0.3 is 15.8 Å². The molecule has 0 saturated heterocycles. The molecule has 0 radical (unpaired) electrons. The molecule has 1 amide bonds. The minimum Gasteiger partial charge on any atom is -0.494 e. The Morgan fingerprint density at radius 3 is 2.55 bits per heavy atom. The summed E-state index contributed by atoms with van der Waals surface area (Å²) in [7, 11) is 5.39. The van der Waals surface area contributed by atoms with Crippen LogP contribution in [0.25, 0.3) is 10.1 Å². The van der Waals surface area contributed by atoms with Crippen LogP contribution in [0.1, 0.15) is 16.6 Å². The number of thiophene rings is 1. The first-order valence-electron chi connectivity index (χ1n) is 6.27. The first-order valence-corrected chi connectivity index (χ1v) is 7.09. The fourth-order valence-corrected chi connectivity index (χ4v) is 2.88. The number of methoxy groups -OCH3 is 1. The molecule has 0 saturated carbocycles. The topological polar surface area (TPSA) is 67.6 Å². The Bertz CT molecular complexity index is 646. The summed E-state index contributed by atoms with van der Waals surface area (Å²) in [5.41, 5.74) is 6.45. The lowest BCUT2D eigenvalue weighted by Crippen LogP contribution is -2.42. The Kier molecular flexibility index (Phi) is 7.97. The summed E-state index contributed by atoms with van der Waals surface area (Å²) in [4.78, 5) is 14.9. The summed E-state index contributed by atoms with van der Waals surface area (Å²) in [6.07, 6.45) is -0.0533.